The van der Waals surface area contributed by atoms with Crippen molar-refractivity contribution < 1.29 is 28.6 Å². The molecule has 0 amide bonds. The predicted octanol–water partition coefficient (Wildman–Crippen LogP) is 20.0. The maximum absolute atomic E-state index is 12.8. The maximum atomic E-state index is 12.8. The van der Waals surface area contributed by atoms with Crippen molar-refractivity contribution in [3.05, 3.63) is 0 Å². The third-order valence-corrected chi connectivity index (χ3v) is 14.7. The van der Waals surface area contributed by atoms with Gasteiger partial charge in [0.1, 0.15) is 13.2 Å². The molecule has 0 fully saturated rings. The van der Waals surface area contributed by atoms with Crippen molar-refractivity contribution in [2.24, 2.45) is 11.8 Å². The number of esters is 3. The molecule has 3 atom stereocenters. The molecule has 67 heavy (non-hydrogen) atoms. The summed E-state index contributed by atoms with van der Waals surface area (Å²) in [7, 11) is 0. The van der Waals surface area contributed by atoms with Gasteiger partial charge in [-0.25, -0.2) is 0 Å². The van der Waals surface area contributed by atoms with Crippen molar-refractivity contribution >= 4 is 17.9 Å². The zero-order valence-corrected chi connectivity index (χ0v) is 46.0. The van der Waals surface area contributed by atoms with Crippen LogP contribution in [-0.4, -0.2) is 37.2 Å². The Morgan fingerprint density at radius 1 is 0.299 bits per heavy atom. The fraction of sp³-hybridized carbons (Fsp3) is 0.951. The van der Waals surface area contributed by atoms with E-state index in [-0.39, 0.29) is 31.1 Å². The minimum atomic E-state index is -0.761. The highest BCUT2D eigenvalue weighted by atomic mass is 16.6. The molecule has 0 radical (unpaired) electrons. The molecule has 0 heterocycles. The Balaban J connectivity index is 4.01. The van der Waals surface area contributed by atoms with E-state index < -0.39 is 6.10 Å². The molecule has 398 valence electrons. The minimum Gasteiger partial charge on any atom is -0.462 e. The minimum absolute atomic E-state index is 0.0636. The van der Waals surface area contributed by atoms with Gasteiger partial charge in [0.25, 0.3) is 0 Å². The van der Waals surface area contributed by atoms with Gasteiger partial charge in [0.2, 0.25) is 0 Å². The first kappa shape index (κ1) is 65.4. The lowest BCUT2D eigenvalue weighted by Gasteiger charge is -2.18. The molecule has 0 aromatic heterocycles. The molecule has 0 saturated carbocycles. The zero-order chi connectivity index (χ0) is 48.9. The van der Waals surface area contributed by atoms with E-state index in [0.29, 0.717) is 19.3 Å². The van der Waals surface area contributed by atoms with Gasteiger partial charge in [0.15, 0.2) is 6.10 Å². The Bertz CT molecular complexity index is 1030. The highest BCUT2D eigenvalue weighted by molar-refractivity contribution is 5.71. The van der Waals surface area contributed by atoms with E-state index in [4.69, 9.17) is 14.2 Å². The van der Waals surface area contributed by atoms with Gasteiger partial charge in [-0.3, -0.25) is 14.4 Å². The summed E-state index contributed by atoms with van der Waals surface area (Å²) in [6.07, 6.45) is 58.5. The fourth-order valence-corrected chi connectivity index (χ4v) is 9.34. The molecule has 0 rings (SSSR count). The molecule has 0 aliphatic heterocycles. The molecule has 6 heteroatoms. The molecule has 6 nitrogen and oxygen atoms in total. The van der Waals surface area contributed by atoms with E-state index >= 15 is 0 Å². The van der Waals surface area contributed by atoms with Crippen molar-refractivity contribution in [3.8, 4) is 0 Å². The van der Waals surface area contributed by atoms with Gasteiger partial charge in [-0.1, -0.05) is 304 Å². The first-order chi connectivity index (χ1) is 32.8. The van der Waals surface area contributed by atoms with Gasteiger partial charge in [-0.05, 0) is 31.1 Å². The molecule has 0 bridgehead atoms. The first-order valence-electron chi connectivity index (χ1n) is 30.3. The van der Waals surface area contributed by atoms with Crippen molar-refractivity contribution in [3.63, 3.8) is 0 Å². The number of hydrogen-bond acceptors (Lipinski definition) is 6. The summed E-state index contributed by atoms with van der Waals surface area (Å²) >= 11 is 0. The third kappa shape index (κ3) is 52.1. The quantitative estimate of drug-likeness (QED) is 0.0343. The predicted molar refractivity (Wildman–Crippen MR) is 289 cm³/mol. The lowest BCUT2D eigenvalue weighted by Crippen LogP contribution is -2.30. The Morgan fingerprint density at radius 2 is 0.522 bits per heavy atom. The summed E-state index contributed by atoms with van der Waals surface area (Å²) < 4.78 is 16.8. The Kier molecular flexibility index (Phi) is 52.5. The van der Waals surface area contributed by atoms with Gasteiger partial charge in [0.05, 0.1) is 0 Å². The maximum Gasteiger partial charge on any atom is 0.306 e. The Hall–Kier alpha value is -1.59. The van der Waals surface area contributed by atoms with E-state index in [1.807, 2.05) is 0 Å². The van der Waals surface area contributed by atoms with Crippen LogP contribution < -0.4 is 0 Å². The molecular formula is C61H118O6. The van der Waals surface area contributed by atoms with E-state index in [1.165, 1.54) is 225 Å². The van der Waals surface area contributed by atoms with Crippen LogP contribution in [0.25, 0.3) is 0 Å². The molecule has 0 aromatic carbocycles. The normalized spacial score (nSPS) is 12.9. The smallest absolute Gasteiger partial charge is 0.306 e. The molecule has 0 aliphatic carbocycles. The SMILES string of the molecule is CCCCCCCC(=O)OC[C@H](COC(=O)CCCCCCCCCCCCCCCCCCCCC(C)CC)OC(=O)CCCCCCCCCCCCCCCCCCCCC(C)CC. The number of carbonyl (C=O) groups excluding carboxylic acids is 3. The molecule has 0 aromatic rings. The average Bonchev–Trinajstić information content (AvgIpc) is 3.33. The average molecular weight is 948 g/mol. The summed E-state index contributed by atoms with van der Waals surface area (Å²) in [5.74, 6) is 0.967. The Morgan fingerprint density at radius 3 is 0.776 bits per heavy atom. The summed E-state index contributed by atoms with van der Waals surface area (Å²) in [6.45, 7) is 11.4. The second kappa shape index (κ2) is 53.8. The highest BCUT2D eigenvalue weighted by Crippen LogP contribution is 2.19. The van der Waals surface area contributed by atoms with E-state index in [9.17, 15) is 14.4 Å². The topological polar surface area (TPSA) is 78.9 Å². The third-order valence-electron chi connectivity index (χ3n) is 14.7. The van der Waals surface area contributed by atoms with Crippen LogP contribution in [0.5, 0.6) is 0 Å². The van der Waals surface area contributed by atoms with Crippen LogP contribution in [-0.2, 0) is 28.6 Å². The van der Waals surface area contributed by atoms with Crippen molar-refractivity contribution in [1.82, 2.24) is 0 Å². The van der Waals surface area contributed by atoms with Gasteiger partial charge in [-0.15, -0.1) is 0 Å². The van der Waals surface area contributed by atoms with Crippen LogP contribution in [0.1, 0.15) is 343 Å². The van der Waals surface area contributed by atoms with Gasteiger partial charge in [0, 0.05) is 19.3 Å². The largest absolute Gasteiger partial charge is 0.462 e. The number of rotatable bonds is 55. The lowest BCUT2D eigenvalue weighted by atomic mass is 9.99. The molecule has 0 saturated heterocycles. The van der Waals surface area contributed by atoms with Crippen LogP contribution in [0.4, 0.5) is 0 Å². The van der Waals surface area contributed by atoms with Crippen molar-refractivity contribution in [1.29, 1.82) is 0 Å². The van der Waals surface area contributed by atoms with Crippen LogP contribution in [0.3, 0.4) is 0 Å². The van der Waals surface area contributed by atoms with Crippen molar-refractivity contribution in [2.75, 3.05) is 13.2 Å². The van der Waals surface area contributed by atoms with E-state index in [1.54, 1.807) is 0 Å². The van der Waals surface area contributed by atoms with Gasteiger partial charge >= 0.3 is 17.9 Å². The highest BCUT2D eigenvalue weighted by Gasteiger charge is 2.19. The molecule has 0 aliphatic rings. The Labute approximate surface area is 418 Å². The summed E-state index contributed by atoms with van der Waals surface area (Å²) in [6, 6.07) is 0. The number of ether oxygens (including phenoxy) is 3. The molecule has 2 unspecified atom stereocenters. The summed E-state index contributed by atoms with van der Waals surface area (Å²) in [5.41, 5.74) is 0. The van der Waals surface area contributed by atoms with Gasteiger partial charge < -0.3 is 14.2 Å². The van der Waals surface area contributed by atoms with Crippen LogP contribution in [0, 0.1) is 11.8 Å². The molecule has 0 N–H and O–H groups in total. The summed E-state index contributed by atoms with van der Waals surface area (Å²) in [5, 5.41) is 0. The van der Waals surface area contributed by atoms with E-state index in [0.717, 1.165) is 76.0 Å². The van der Waals surface area contributed by atoms with Crippen LogP contribution in [0.15, 0.2) is 0 Å². The van der Waals surface area contributed by atoms with Crippen molar-refractivity contribution in [2.45, 2.75) is 349 Å². The monoisotopic (exact) mass is 947 g/mol. The molecular weight excluding hydrogens is 829 g/mol. The second-order valence-corrected chi connectivity index (χ2v) is 21.5. The van der Waals surface area contributed by atoms with Gasteiger partial charge in [-0.2, -0.15) is 0 Å². The lowest BCUT2D eigenvalue weighted by molar-refractivity contribution is -0.167. The first-order valence-corrected chi connectivity index (χ1v) is 30.3. The zero-order valence-electron chi connectivity index (χ0n) is 46.0. The molecule has 0 spiro atoms. The second-order valence-electron chi connectivity index (χ2n) is 21.5. The number of hydrogen-bond donors (Lipinski definition) is 0. The van der Waals surface area contributed by atoms with Crippen LogP contribution in [0.2, 0.25) is 0 Å². The summed E-state index contributed by atoms with van der Waals surface area (Å²) in [4.78, 5) is 37.8. The number of unbranched alkanes of at least 4 members (excludes halogenated alkanes) is 38. The fourth-order valence-electron chi connectivity index (χ4n) is 9.34. The number of carbonyl (C=O) groups is 3. The van der Waals surface area contributed by atoms with E-state index in [2.05, 4.69) is 34.6 Å². The standard InChI is InChI=1S/C61H118O6/c1-6-9-10-39-46-51-59(62)65-54-58(67-61(64)53-48-43-38-34-30-26-22-18-14-12-16-20-24-28-32-36-41-45-50-57(5)8-3)55-66-60(63)52-47-42-37-33-29-25-21-17-13-11-15-19-23-27-31-35-40-44-49-56(4)7-2/h56-58H,6-55H2,1-5H3/t56?,57?,58-/m1/s1. The van der Waals surface area contributed by atoms with Crippen LogP contribution >= 0.6 is 0 Å².